The molecule has 7 heteroatoms. The van der Waals surface area contributed by atoms with Crippen LogP contribution in [0.2, 0.25) is 0 Å². The molecule has 1 amide bonds. The molecule has 0 bridgehead atoms. The van der Waals surface area contributed by atoms with Crippen LogP contribution >= 0.6 is 0 Å². The number of benzene rings is 1. The lowest BCUT2D eigenvalue weighted by atomic mass is 9.97. The maximum atomic E-state index is 12.7. The van der Waals surface area contributed by atoms with E-state index < -0.39 is 0 Å². The van der Waals surface area contributed by atoms with Crippen molar-refractivity contribution in [2.24, 2.45) is 0 Å². The van der Waals surface area contributed by atoms with Gasteiger partial charge in [0.05, 0.1) is 5.92 Å². The maximum absolute atomic E-state index is 12.7. The molecular weight excluding hydrogens is 306 g/mol. The second-order valence-electron chi connectivity index (χ2n) is 6.19. The number of fused-ring (bicyclic) bond motifs is 1. The smallest absolute Gasteiger partial charge is 0.247 e. The highest BCUT2D eigenvalue weighted by Crippen LogP contribution is 2.29. The molecule has 0 unspecified atom stereocenters. The Balaban J connectivity index is 1.52. The minimum atomic E-state index is -0.352. The standard InChI is InChI=1S/C17H19N5O2/c1-12(22-11-18-10-19-22)17(23)21-8-4-5-13(9-21)16-20-14-6-2-3-7-15(14)24-16/h2-3,6-7,10-13H,4-5,8-9H2,1H3/t12-,13+/m0/s1. The average molecular weight is 325 g/mol. The summed E-state index contributed by atoms with van der Waals surface area (Å²) in [5.74, 6) is 0.918. The van der Waals surface area contributed by atoms with Crippen LogP contribution in [0.25, 0.3) is 11.1 Å². The van der Waals surface area contributed by atoms with Gasteiger partial charge in [0.1, 0.15) is 24.2 Å². The zero-order valence-electron chi connectivity index (χ0n) is 13.5. The van der Waals surface area contributed by atoms with Gasteiger partial charge in [-0.1, -0.05) is 12.1 Å². The number of para-hydroxylation sites is 2. The van der Waals surface area contributed by atoms with E-state index in [1.165, 1.54) is 6.33 Å². The third-order valence-electron chi connectivity index (χ3n) is 4.58. The number of aromatic nitrogens is 4. The van der Waals surface area contributed by atoms with Gasteiger partial charge >= 0.3 is 0 Å². The number of hydrogen-bond donors (Lipinski definition) is 0. The van der Waals surface area contributed by atoms with E-state index in [0.717, 1.165) is 36.4 Å². The first-order valence-electron chi connectivity index (χ1n) is 8.21. The van der Waals surface area contributed by atoms with E-state index in [0.29, 0.717) is 6.54 Å². The summed E-state index contributed by atoms with van der Waals surface area (Å²) in [6.07, 6.45) is 4.94. The Labute approximate surface area is 139 Å². The van der Waals surface area contributed by atoms with E-state index in [2.05, 4.69) is 15.1 Å². The molecule has 1 aromatic carbocycles. The second-order valence-corrected chi connectivity index (χ2v) is 6.19. The topological polar surface area (TPSA) is 77.0 Å². The average Bonchev–Trinajstić information content (AvgIpc) is 3.30. The third-order valence-corrected chi connectivity index (χ3v) is 4.58. The normalized spacial score (nSPS) is 19.5. The van der Waals surface area contributed by atoms with E-state index in [9.17, 15) is 4.79 Å². The summed E-state index contributed by atoms with van der Waals surface area (Å²) in [5, 5.41) is 4.07. The van der Waals surface area contributed by atoms with Crippen molar-refractivity contribution >= 4 is 17.0 Å². The first kappa shape index (κ1) is 14.9. The van der Waals surface area contributed by atoms with Crippen LogP contribution in [0.5, 0.6) is 0 Å². The number of amides is 1. The molecule has 7 nitrogen and oxygen atoms in total. The van der Waals surface area contributed by atoms with E-state index in [1.54, 1.807) is 11.0 Å². The highest BCUT2D eigenvalue weighted by atomic mass is 16.3. The quantitative estimate of drug-likeness (QED) is 0.739. The third kappa shape index (κ3) is 2.66. The lowest BCUT2D eigenvalue weighted by Gasteiger charge is -2.33. The minimum Gasteiger partial charge on any atom is -0.440 e. The van der Waals surface area contributed by atoms with Crippen molar-refractivity contribution in [3.8, 4) is 0 Å². The number of oxazole rings is 1. The van der Waals surface area contributed by atoms with Gasteiger partial charge in [-0.25, -0.2) is 14.6 Å². The zero-order chi connectivity index (χ0) is 16.5. The van der Waals surface area contributed by atoms with Gasteiger partial charge in [-0.3, -0.25) is 4.79 Å². The molecule has 124 valence electrons. The molecule has 1 aliphatic rings. The molecule has 0 saturated carbocycles. The summed E-state index contributed by atoms with van der Waals surface area (Å²) in [5.41, 5.74) is 1.67. The number of carbonyl (C=O) groups is 1. The van der Waals surface area contributed by atoms with Gasteiger partial charge in [-0.05, 0) is 31.9 Å². The minimum absolute atomic E-state index is 0.0568. The van der Waals surface area contributed by atoms with Gasteiger partial charge in [0.2, 0.25) is 5.91 Å². The lowest BCUT2D eigenvalue weighted by Crippen LogP contribution is -2.42. The molecule has 1 aliphatic heterocycles. The second kappa shape index (κ2) is 6.07. The Bertz CT molecular complexity index is 809. The fraction of sp³-hybridized carbons (Fsp3) is 0.412. The van der Waals surface area contributed by atoms with Crippen molar-refractivity contribution in [3.63, 3.8) is 0 Å². The van der Waals surface area contributed by atoms with E-state index in [-0.39, 0.29) is 17.9 Å². The van der Waals surface area contributed by atoms with Crippen LogP contribution in [0.1, 0.15) is 37.6 Å². The first-order valence-corrected chi connectivity index (χ1v) is 8.21. The van der Waals surface area contributed by atoms with Crippen molar-refractivity contribution in [1.82, 2.24) is 24.6 Å². The molecule has 0 N–H and O–H groups in total. The van der Waals surface area contributed by atoms with Crippen molar-refractivity contribution < 1.29 is 9.21 Å². The van der Waals surface area contributed by atoms with Gasteiger partial charge in [0, 0.05) is 13.1 Å². The highest BCUT2D eigenvalue weighted by Gasteiger charge is 2.30. The van der Waals surface area contributed by atoms with Gasteiger partial charge in [-0.15, -0.1) is 0 Å². The summed E-state index contributed by atoms with van der Waals surface area (Å²) in [6, 6.07) is 7.40. The predicted octanol–water partition coefficient (Wildman–Crippen LogP) is 2.39. The first-order chi connectivity index (χ1) is 11.7. The molecule has 1 fully saturated rings. The molecule has 0 radical (unpaired) electrons. The number of nitrogens with zero attached hydrogens (tertiary/aromatic N) is 5. The van der Waals surface area contributed by atoms with Crippen LogP contribution in [-0.2, 0) is 4.79 Å². The molecule has 3 heterocycles. The highest BCUT2D eigenvalue weighted by molar-refractivity contribution is 5.80. The largest absolute Gasteiger partial charge is 0.440 e. The van der Waals surface area contributed by atoms with Gasteiger partial charge < -0.3 is 9.32 Å². The number of hydrogen-bond acceptors (Lipinski definition) is 5. The number of carbonyl (C=O) groups excluding carboxylic acids is 1. The fourth-order valence-electron chi connectivity index (χ4n) is 3.24. The Morgan fingerprint density at radius 2 is 2.25 bits per heavy atom. The molecule has 2 aromatic heterocycles. The zero-order valence-corrected chi connectivity index (χ0v) is 13.5. The van der Waals surface area contributed by atoms with Gasteiger partial charge in [0.25, 0.3) is 0 Å². The lowest BCUT2D eigenvalue weighted by molar-refractivity contribution is -0.135. The fourth-order valence-corrected chi connectivity index (χ4v) is 3.24. The summed E-state index contributed by atoms with van der Waals surface area (Å²) in [7, 11) is 0. The SMILES string of the molecule is C[C@@H](C(=O)N1CCC[C@@H](c2nc3ccccc3o2)C1)n1cncn1. The molecule has 0 aliphatic carbocycles. The molecular formula is C17H19N5O2. The molecule has 0 spiro atoms. The van der Waals surface area contributed by atoms with Crippen LogP contribution < -0.4 is 0 Å². The monoisotopic (exact) mass is 325 g/mol. The Morgan fingerprint density at radius 3 is 3.04 bits per heavy atom. The number of piperidine rings is 1. The number of rotatable bonds is 3. The van der Waals surface area contributed by atoms with Crippen LogP contribution in [-0.4, -0.2) is 43.6 Å². The number of likely N-dealkylation sites (tertiary alicyclic amines) is 1. The van der Waals surface area contributed by atoms with Crippen molar-refractivity contribution in [2.75, 3.05) is 13.1 Å². The van der Waals surface area contributed by atoms with Crippen LogP contribution in [0.4, 0.5) is 0 Å². The molecule has 2 atom stereocenters. The van der Waals surface area contributed by atoms with Crippen LogP contribution in [0.3, 0.4) is 0 Å². The summed E-state index contributed by atoms with van der Waals surface area (Å²) < 4.78 is 7.48. The summed E-state index contributed by atoms with van der Waals surface area (Å²) in [6.45, 7) is 3.24. The Morgan fingerprint density at radius 1 is 1.38 bits per heavy atom. The predicted molar refractivity (Wildman–Crippen MR) is 87.3 cm³/mol. The van der Waals surface area contributed by atoms with Crippen LogP contribution in [0, 0.1) is 0 Å². The molecule has 1 saturated heterocycles. The van der Waals surface area contributed by atoms with Crippen molar-refractivity contribution in [2.45, 2.75) is 31.7 Å². The Hall–Kier alpha value is -2.70. The molecule has 4 rings (SSSR count). The van der Waals surface area contributed by atoms with E-state index >= 15 is 0 Å². The van der Waals surface area contributed by atoms with E-state index in [4.69, 9.17) is 4.42 Å². The maximum Gasteiger partial charge on any atom is 0.247 e. The van der Waals surface area contributed by atoms with Crippen molar-refractivity contribution in [1.29, 1.82) is 0 Å². The Kier molecular flexibility index (Phi) is 3.76. The van der Waals surface area contributed by atoms with Gasteiger partial charge in [-0.2, -0.15) is 5.10 Å². The summed E-state index contributed by atoms with van der Waals surface area (Å²) >= 11 is 0. The molecule has 24 heavy (non-hydrogen) atoms. The molecule has 3 aromatic rings. The van der Waals surface area contributed by atoms with Crippen LogP contribution in [0.15, 0.2) is 41.3 Å². The summed E-state index contributed by atoms with van der Waals surface area (Å²) in [4.78, 5) is 23.1. The van der Waals surface area contributed by atoms with Crippen molar-refractivity contribution in [3.05, 3.63) is 42.8 Å². The van der Waals surface area contributed by atoms with E-state index in [1.807, 2.05) is 36.1 Å². The van der Waals surface area contributed by atoms with Gasteiger partial charge in [0.15, 0.2) is 11.5 Å².